The van der Waals surface area contributed by atoms with Gasteiger partial charge in [0.25, 0.3) is 5.79 Å². The van der Waals surface area contributed by atoms with Gasteiger partial charge in [0.15, 0.2) is 15.6 Å². The van der Waals surface area contributed by atoms with E-state index >= 15 is 0 Å². The van der Waals surface area contributed by atoms with Crippen molar-refractivity contribution in [1.29, 1.82) is 5.26 Å². The number of sulfone groups is 1. The molecule has 2 aromatic rings. The molecule has 2 aliphatic rings. The molecule has 0 fully saturated rings. The Morgan fingerprint density at radius 3 is 2.57 bits per heavy atom. The van der Waals surface area contributed by atoms with Crippen molar-refractivity contribution in [2.24, 2.45) is 0 Å². The van der Waals surface area contributed by atoms with Crippen LogP contribution in [0.5, 0.6) is 11.5 Å². The number of nitrogens with zero attached hydrogens (tertiary/aromatic N) is 1. The molecule has 9 heteroatoms. The molecule has 0 amide bonds. The number of ketones is 1. The normalized spacial score (nSPS) is 16.4. The molecule has 142 valence electrons. The Morgan fingerprint density at radius 2 is 1.93 bits per heavy atom. The predicted octanol–water partition coefficient (Wildman–Crippen LogP) is 3.15. The number of hydrogen-bond donors (Lipinski definition) is 0. The topological polar surface area (TPSA) is 103 Å². The third-order valence-corrected chi connectivity index (χ3v) is 5.52. The minimum absolute atomic E-state index is 0.00834. The molecule has 0 saturated carbocycles. The number of halogens is 1. The highest BCUT2D eigenvalue weighted by Crippen LogP contribution is 2.50. The lowest BCUT2D eigenvalue weighted by Crippen LogP contribution is -2.26. The first kappa shape index (κ1) is 18.0. The standard InChI is InChI=1S/C19H12FNO6S/c1-28(23,24)16-3-2-15(27-13-7-11(10-21)6-12(20)8-13)17-14(22)9-19(18(16)17)25-4-5-26-19/h2-8H,9H2,1H3. The largest absolute Gasteiger partial charge is 0.456 e. The molecular formula is C19H12FNO6S. The van der Waals surface area contributed by atoms with Gasteiger partial charge in [-0.15, -0.1) is 0 Å². The minimum atomic E-state index is -3.72. The first-order valence-electron chi connectivity index (χ1n) is 8.03. The predicted molar refractivity (Wildman–Crippen MR) is 92.7 cm³/mol. The lowest BCUT2D eigenvalue weighted by molar-refractivity contribution is -0.143. The van der Waals surface area contributed by atoms with Gasteiger partial charge in [0.05, 0.1) is 34.1 Å². The second-order valence-electron chi connectivity index (χ2n) is 6.33. The van der Waals surface area contributed by atoms with E-state index in [0.717, 1.165) is 18.4 Å². The van der Waals surface area contributed by atoms with E-state index in [1.807, 2.05) is 6.07 Å². The van der Waals surface area contributed by atoms with E-state index < -0.39 is 27.2 Å². The number of rotatable bonds is 3. The second kappa shape index (κ2) is 6.07. The Morgan fingerprint density at radius 1 is 1.21 bits per heavy atom. The molecule has 0 aromatic heterocycles. The Labute approximate surface area is 159 Å². The van der Waals surface area contributed by atoms with Crippen LogP contribution in [-0.4, -0.2) is 20.5 Å². The van der Waals surface area contributed by atoms with Crippen molar-refractivity contribution in [3.05, 3.63) is 65.4 Å². The number of hydrogen-bond acceptors (Lipinski definition) is 7. The maximum Gasteiger partial charge on any atom is 0.286 e. The van der Waals surface area contributed by atoms with Crippen molar-refractivity contribution < 1.29 is 31.8 Å². The van der Waals surface area contributed by atoms with Crippen LogP contribution in [0.4, 0.5) is 4.39 Å². The van der Waals surface area contributed by atoms with Gasteiger partial charge in [0, 0.05) is 12.3 Å². The number of ether oxygens (including phenoxy) is 3. The number of carbonyl (C=O) groups is 1. The Kier molecular flexibility index (Phi) is 3.90. The fourth-order valence-electron chi connectivity index (χ4n) is 3.32. The molecule has 0 bridgehead atoms. The Bertz CT molecular complexity index is 1190. The van der Waals surface area contributed by atoms with E-state index in [9.17, 15) is 17.6 Å². The van der Waals surface area contributed by atoms with Crippen LogP contribution < -0.4 is 4.74 Å². The Hall–Kier alpha value is -3.38. The molecule has 0 N–H and O–H groups in total. The zero-order valence-electron chi connectivity index (χ0n) is 14.4. The van der Waals surface area contributed by atoms with Crippen molar-refractivity contribution in [3.8, 4) is 17.6 Å². The lowest BCUT2D eigenvalue weighted by atomic mass is 10.1. The lowest BCUT2D eigenvalue weighted by Gasteiger charge is -2.24. The second-order valence-corrected chi connectivity index (χ2v) is 8.32. The van der Waals surface area contributed by atoms with E-state index in [4.69, 9.17) is 19.5 Å². The minimum Gasteiger partial charge on any atom is -0.456 e. The van der Waals surface area contributed by atoms with Crippen LogP contribution in [0.1, 0.15) is 27.9 Å². The molecular weight excluding hydrogens is 389 g/mol. The molecule has 0 radical (unpaired) electrons. The molecule has 0 atom stereocenters. The number of nitriles is 1. The molecule has 1 spiro atoms. The summed E-state index contributed by atoms with van der Waals surface area (Å²) in [5.41, 5.74) is 0.0580. The first-order chi connectivity index (χ1) is 13.2. The summed E-state index contributed by atoms with van der Waals surface area (Å²) >= 11 is 0. The summed E-state index contributed by atoms with van der Waals surface area (Å²) in [6, 6.07) is 7.79. The quantitative estimate of drug-likeness (QED) is 0.778. The van der Waals surface area contributed by atoms with Gasteiger partial charge in [-0.3, -0.25) is 4.79 Å². The van der Waals surface area contributed by atoms with Crippen LogP contribution in [0, 0.1) is 17.1 Å². The highest BCUT2D eigenvalue weighted by molar-refractivity contribution is 7.90. The van der Waals surface area contributed by atoms with Crippen LogP contribution in [0.2, 0.25) is 0 Å². The van der Waals surface area contributed by atoms with Crippen LogP contribution in [0.25, 0.3) is 0 Å². The summed E-state index contributed by atoms with van der Waals surface area (Å²) in [7, 11) is -3.72. The molecule has 1 aliphatic heterocycles. The first-order valence-corrected chi connectivity index (χ1v) is 9.92. The van der Waals surface area contributed by atoms with Crippen LogP contribution in [-0.2, 0) is 25.1 Å². The Balaban J connectivity index is 1.90. The monoisotopic (exact) mass is 401 g/mol. The summed E-state index contributed by atoms with van der Waals surface area (Å²) in [5.74, 6) is -2.71. The van der Waals surface area contributed by atoms with Gasteiger partial charge in [-0.1, -0.05) is 0 Å². The summed E-state index contributed by atoms with van der Waals surface area (Å²) < 4.78 is 54.8. The summed E-state index contributed by atoms with van der Waals surface area (Å²) in [4.78, 5) is 12.6. The van der Waals surface area contributed by atoms with Gasteiger partial charge in [-0.25, -0.2) is 12.8 Å². The molecule has 1 aliphatic carbocycles. The molecule has 0 saturated heterocycles. The van der Waals surface area contributed by atoms with Crippen LogP contribution in [0.3, 0.4) is 0 Å². The molecule has 1 heterocycles. The van der Waals surface area contributed by atoms with Gasteiger partial charge < -0.3 is 14.2 Å². The third-order valence-electron chi connectivity index (χ3n) is 4.38. The van der Waals surface area contributed by atoms with E-state index in [2.05, 4.69) is 0 Å². The number of fused-ring (bicyclic) bond motifs is 2. The van der Waals surface area contributed by atoms with E-state index in [1.54, 1.807) is 0 Å². The van der Waals surface area contributed by atoms with E-state index in [1.165, 1.54) is 30.7 Å². The average Bonchev–Trinajstić information content (AvgIpc) is 3.19. The number of carbonyl (C=O) groups excluding carboxylic acids is 1. The van der Waals surface area contributed by atoms with Crippen LogP contribution >= 0.6 is 0 Å². The van der Waals surface area contributed by atoms with Gasteiger partial charge in [0.1, 0.15) is 29.8 Å². The highest BCUT2D eigenvalue weighted by Gasteiger charge is 2.53. The van der Waals surface area contributed by atoms with Crippen molar-refractivity contribution in [2.45, 2.75) is 17.1 Å². The number of benzene rings is 2. The van der Waals surface area contributed by atoms with E-state index in [-0.39, 0.29) is 39.5 Å². The number of Topliss-reactive ketones (excluding diaryl/α,β-unsaturated/α-hetero) is 1. The summed E-state index contributed by atoms with van der Waals surface area (Å²) in [6.45, 7) is 0. The fraction of sp³-hybridized carbons (Fsp3) is 0.158. The van der Waals surface area contributed by atoms with Gasteiger partial charge in [0.2, 0.25) is 0 Å². The van der Waals surface area contributed by atoms with E-state index in [0.29, 0.717) is 0 Å². The van der Waals surface area contributed by atoms with Crippen molar-refractivity contribution in [1.82, 2.24) is 0 Å². The maximum absolute atomic E-state index is 13.7. The molecule has 4 rings (SSSR count). The zero-order valence-corrected chi connectivity index (χ0v) is 15.2. The van der Waals surface area contributed by atoms with Crippen molar-refractivity contribution >= 4 is 15.6 Å². The third kappa shape index (κ3) is 2.78. The van der Waals surface area contributed by atoms with Crippen LogP contribution in [0.15, 0.2) is 47.8 Å². The van der Waals surface area contributed by atoms with Gasteiger partial charge >= 0.3 is 0 Å². The average molecular weight is 401 g/mol. The maximum atomic E-state index is 13.7. The molecule has 2 aromatic carbocycles. The van der Waals surface area contributed by atoms with Gasteiger partial charge in [-0.05, 0) is 24.3 Å². The smallest absolute Gasteiger partial charge is 0.286 e. The SMILES string of the molecule is CS(=O)(=O)c1ccc(Oc2cc(F)cc(C#N)c2)c2c1C1(CC2=O)OC=CO1. The zero-order chi connectivity index (χ0) is 20.1. The van der Waals surface area contributed by atoms with Gasteiger partial charge in [-0.2, -0.15) is 5.26 Å². The fourth-order valence-corrected chi connectivity index (χ4v) is 4.26. The molecule has 28 heavy (non-hydrogen) atoms. The summed E-state index contributed by atoms with van der Waals surface area (Å²) in [5, 5.41) is 8.98. The highest BCUT2D eigenvalue weighted by atomic mass is 32.2. The van der Waals surface area contributed by atoms with Crippen molar-refractivity contribution in [2.75, 3.05) is 6.26 Å². The molecule has 7 nitrogen and oxygen atoms in total. The van der Waals surface area contributed by atoms with Crippen molar-refractivity contribution in [3.63, 3.8) is 0 Å². The summed E-state index contributed by atoms with van der Waals surface area (Å²) in [6.07, 6.45) is 3.22. The molecule has 0 unspecified atom stereocenters.